The average molecular weight is 372 g/mol. The lowest BCUT2D eigenvalue weighted by atomic mass is 10.2. The van der Waals surface area contributed by atoms with Gasteiger partial charge in [-0.1, -0.05) is 0 Å². The van der Waals surface area contributed by atoms with Crippen molar-refractivity contribution >= 4 is 29.4 Å². The summed E-state index contributed by atoms with van der Waals surface area (Å²) in [5.74, 6) is -1.09. The molecule has 10 nitrogen and oxygen atoms in total. The van der Waals surface area contributed by atoms with Crippen LogP contribution in [0, 0.1) is 10.1 Å². The third kappa shape index (κ3) is 5.26. The number of anilines is 1. The number of ether oxygens (including phenoxy) is 2. The number of nitrogens with one attached hydrogen (secondary N) is 2. The Labute approximate surface area is 153 Å². The molecular weight excluding hydrogens is 356 g/mol. The highest BCUT2D eigenvalue weighted by Crippen LogP contribution is 2.28. The highest BCUT2D eigenvalue weighted by molar-refractivity contribution is 6.39. The lowest BCUT2D eigenvalue weighted by Gasteiger charge is -2.10. The van der Waals surface area contributed by atoms with Crippen molar-refractivity contribution in [3.63, 3.8) is 0 Å². The SMILES string of the molecule is COc1ccc(NC(=O)C(=O)N/N=C\c2ccc([N+](=O)[O-])cc2)c(OC)c1. The van der Waals surface area contributed by atoms with E-state index >= 15 is 0 Å². The highest BCUT2D eigenvalue weighted by Gasteiger charge is 2.15. The first-order valence-corrected chi connectivity index (χ1v) is 7.55. The number of benzene rings is 2. The minimum absolute atomic E-state index is 0.0657. The minimum atomic E-state index is -0.994. The average Bonchev–Trinajstić information content (AvgIpc) is 2.68. The van der Waals surface area contributed by atoms with Gasteiger partial charge >= 0.3 is 11.8 Å². The van der Waals surface area contributed by atoms with Crippen molar-refractivity contribution in [1.82, 2.24) is 5.43 Å². The molecule has 0 saturated carbocycles. The molecule has 0 bridgehead atoms. The molecule has 2 aromatic carbocycles. The predicted molar refractivity (Wildman–Crippen MR) is 97.0 cm³/mol. The number of nitro benzene ring substituents is 1. The summed E-state index contributed by atoms with van der Waals surface area (Å²) in [4.78, 5) is 33.8. The van der Waals surface area contributed by atoms with Crippen LogP contribution in [-0.2, 0) is 9.59 Å². The van der Waals surface area contributed by atoms with Crippen LogP contribution in [0.15, 0.2) is 47.6 Å². The molecular formula is C17H16N4O6. The van der Waals surface area contributed by atoms with Crippen LogP contribution in [0.2, 0.25) is 0 Å². The van der Waals surface area contributed by atoms with Gasteiger partial charge in [0.05, 0.1) is 31.0 Å². The van der Waals surface area contributed by atoms with Crippen molar-refractivity contribution < 1.29 is 24.0 Å². The maximum absolute atomic E-state index is 11.9. The van der Waals surface area contributed by atoms with E-state index in [0.717, 1.165) is 0 Å². The van der Waals surface area contributed by atoms with E-state index in [1.807, 2.05) is 0 Å². The van der Waals surface area contributed by atoms with Gasteiger partial charge in [-0.15, -0.1) is 0 Å². The Balaban J connectivity index is 1.95. The summed E-state index contributed by atoms with van der Waals surface area (Å²) >= 11 is 0. The third-order valence-electron chi connectivity index (χ3n) is 3.35. The standard InChI is InChI=1S/C17H16N4O6/c1-26-13-7-8-14(15(9-13)27-2)19-16(22)17(23)20-18-10-11-3-5-12(6-4-11)21(24)25/h3-10H,1-2H3,(H,19,22)(H,20,23)/b18-10-. The second-order valence-electron chi connectivity index (χ2n) is 5.07. The molecule has 0 fully saturated rings. The van der Waals surface area contributed by atoms with Gasteiger partial charge in [-0.05, 0) is 29.8 Å². The number of rotatable bonds is 6. The number of hydrazone groups is 1. The largest absolute Gasteiger partial charge is 0.497 e. The number of non-ortho nitro benzene ring substituents is 1. The first-order valence-electron chi connectivity index (χ1n) is 7.55. The highest BCUT2D eigenvalue weighted by atomic mass is 16.6. The summed E-state index contributed by atoms with van der Waals surface area (Å²) in [5.41, 5.74) is 2.80. The maximum atomic E-state index is 11.9. The summed E-state index contributed by atoms with van der Waals surface area (Å²) in [6.45, 7) is 0. The molecule has 0 aliphatic heterocycles. The van der Waals surface area contributed by atoms with Gasteiger partial charge in [0, 0.05) is 18.2 Å². The van der Waals surface area contributed by atoms with E-state index in [-0.39, 0.29) is 11.4 Å². The van der Waals surface area contributed by atoms with E-state index in [4.69, 9.17) is 9.47 Å². The molecule has 2 N–H and O–H groups in total. The fourth-order valence-electron chi connectivity index (χ4n) is 1.98. The fourth-order valence-corrected chi connectivity index (χ4v) is 1.98. The third-order valence-corrected chi connectivity index (χ3v) is 3.35. The topological polar surface area (TPSA) is 132 Å². The van der Waals surface area contributed by atoms with Crippen molar-refractivity contribution in [2.45, 2.75) is 0 Å². The maximum Gasteiger partial charge on any atom is 0.329 e. The lowest BCUT2D eigenvalue weighted by Crippen LogP contribution is -2.32. The molecule has 0 saturated heterocycles. The van der Waals surface area contributed by atoms with E-state index in [1.165, 1.54) is 50.8 Å². The molecule has 140 valence electrons. The smallest absolute Gasteiger partial charge is 0.329 e. The van der Waals surface area contributed by atoms with Crippen molar-refractivity contribution in [3.05, 3.63) is 58.1 Å². The van der Waals surface area contributed by atoms with Crippen LogP contribution in [-0.4, -0.2) is 37.2 Å². The molecule has 0 aromatic heterocycles. The van der Waals surface area contributed by atoms with Crippen LogP contribution >= 0.6 is 0 Å². The van der Waals surface area contributed by atoms with Crippen molar-refractivity contribution in [3.8, 4) is 11.5 Å². The number of amides is 2. The Morgan fingerprint density at radius 1 is 1.07 bits per heavy atom. The quantitative estimate of drug-likeness (QED) is 0.343. The van der Waals surface area contributed by atoms with Crippen molar-refractivity contribution in [2.24, 2.45) is 5.10 Å². The molecule has 0 atom stereocenters. The van der Waals surface area contributed by atoms with E-state index in [9.17, 15) is 19.7 Å². The van der Waals surface area contributed by atoms with Gasteiger partial charge in [-0.25, -0.2) is 5.43 Å². The van der Waals surface area contributed by atoms with Gasteiger partial charge in [0.25, 0.3) is 5.69 Å². The molecule has 2 rings (SSSR count). The van der Waals surface area contributed by atoms with E-state index in [2.05, 4.69) is 15.8 Å². The monoisotopic (exact) mass is 372 g/mol. The lowest BCUT2D eigenvalue weighted by molar-refractivity contribution is -0.384. The molecule has 2 aromatic rings. The van der Waals surface area contributed by atoms with Gasteiger partial charge in [-0.2, -0.15) is 5.10 Å². The Hall–Kier alpha value is -3.95. The molecule has 0 radical (unpaired) electrons. The van der Waals surface area contributed by atoms with Crippen LogP contribution in [0.1, 0.15) is 5.56 Å². The first kappa shape index (κ1) is 19.4. The first-order chi connectivity index (χ1) is 12.9. The fraction of sp³-hybridized carbons (Fsp3) is 0.118. The van der Waals surface area contributed by atoms with Crippen LogP contribution in [0.3, 0.4) is 0 Å². The van der Waals surface area contributed by atoms with Crippen molar-refractivity contribution in [2.75, 3.05) is 19.5 Å². The Morgan fingerprint density at radius 3 is 2.37 bits per heavy atom. The molecule has 0 aliphatic rings. The second kappa shape index (κ2) is 8.94. The summed E-state index contributed by atoms with van der Waals surface area (Å²) in [7, 11) is 2.91. The van der Waals surface area contributed by atoms with Gasteiger partial charge in [0.15, 0.2) is 0 Å². The van der Waals surface area contributed by atoms with E-state index < -0.39 is 16.7 Å². The number of nitro groups is 1. The number of carbonyl (C=O) groups excluding carboxylic acids is 2. The van der Waals surface area contributed by atoms with Gasteiger partial charge in [-0.3, -0.25) is 19.7 Å². The summed E-state index contributed by atoms with van der Waals surface area (Å²) in [6, 6.07) is 10.2. The predicted octanol–water partition coefficient (Wildman–Crippen LogP) is 1.70. The number of nitrogens with zero attached hydrogens (tertiary/aromatic N) is 2. The molecule has 2 amide bonds. The molecule has 27 heavy (non-hydrogen) atoms. The Kier molecular flexibility index (Phi) is 6.42. The molecule has 0 aliphatic carbocycles. The van der Waals surface area contributed by atoms with Crippen LogP contribution in [0.5, 0.6) is 11.5 Å². The zero-order chi connectivity index (χ0) is 19.8. The van der Waals surface area contributed by atoms with Gasteiger partial charge in [0.2, 0.25) is 0 Å². The zero-order valence-electron chi connectivity index (χ0n) is 14.5. The number of methoxy groups -OCH3 is 2. The summed E-state index contributed by atoms with van der Waals surface area (Å²) in [6.07, 6.45) is 1.25. The number of carbonyl (C=O) groups is 2. The molecule has 0 unspecified atom stereocenters. The van der Waals surface area contributed by atoms with E-state index in [0.29, 0.717) is 17.1 Å². The Bertz CT molecular complexity index is 879. The van der Waals surface area contributed by atoms with Gasteiger partial charge in [0.1, 0.15) is 11.5 Å². The minimum Gasteiger partial charge on any atom is -0.497 e. The normalized spacial score (nSPS) is 10.3. The number of hydrogen-bond donors (Lipinski definition) is 2. The zero-order valence-corrected chi connectivity index (χ0v) is 14.5. The number of hydrogen-bond acceptors (Lipinski definition) is 7. The van der Waals surface area contributed by atoms with E-state index in [1.54, 1.807) is 12.1 Å². The van der Waals surface area contributed by atoms with Crippen LogP contribution in [0.4, 0.5) is 11.4 Å². The summed E-state index contributed by atoms with van der Waals surface area (Å²) in [5, 5.41) is 16.6. The molecule has 0 heterocycles. The van der Waals surface area contributed by atoms with Crippen LogP contribution in [0.25, 0.3) is 0 Å². The Morgan fingerprint density at radius 2 is 1.78 bits per heavy atom. The molecule has 0 spiro atoms. The van der Waals surface area contributed by atoms with Crippen LogP contribution < -0.4 is 20.2 Å². The second-order valence-corrected chi connectivity index (χ2v) is 5.07. The van der Waals surface area contributed by atoms with Crippen molar-refractivity contribution in [1.29, 1.82) is 0 Å². The summed E-state index contributed by atoms with van der Waals surface area (Å²) < 4.78 is 10.2. The van der Waals surface area contributed by atoms with Gasteiger partial charge < -0.3 is 14.8 Å². The molecule has 10 heteroatoms.